The van der Waals surface area contributed by atoms with Crippen LogP contribution in [0.2, 0.25) is 0 Å². The fourth-order valence-corrected chi connectivity index (χ4v) is 1.01. The Hall–Kier alpha value is -1.50. The third kappa shape index (κ3) is 2.48. The second kappa shape index (κ2) is 3.94. The normalized spacial score (nSPS) is 12.1. The van der Waals surface area contributed by atoms with Gasteiger partial charge in [0, 0.05) is 0 Å². The zero-order chi connectivity index (χ0) is 9.84. The number of amides is 1. The van der Waals surface area contributed by atoms with Crippen LogP contribution >= 0.6 is 11.7 Å². The van der Waals surface area contributed by atoms with Gasteiger partial charge in [-0.1, -0.05) is 0 Å². The molecule has 0 unspecified atom stereocenters. The maximum Gasteiger partial charge on any atom is 0.325 e. The summed E-state index contributed by atoms with van der Waals surface area (Å²) in [5.41, 5.74) is 0.137. The van der Waals surface area contributed by atoms with Crippen LogP contribution in [0.25, 0.3) is 0 Å². The monoisotopic (exact) mass is 201 g/mol. The van der Waals surface area contributed by atoms with Gasteiger partial charge in [0.25, 0.3) is 5.91 Å². The van der Waals surface area contributed by atoms with Crippen molar-refractivity contribution >= 4 is 23.6 Å². The summed E-state index contributed by atoms with van der Waals surface area (Å²) in [6.45, 7) is 1.38. The van der Waals surface area contributed by atoms with Crippen LogP contribution in [-0.4, -0.2) is 31.8 Å². The van der Waals surface area contributed by atoms with Crippen molar-refractivity contribution in [3.63, 3.8) is 0 Å². The molecule has 1 amide bonds. The third-order valence-electron chi connectivity index (χ3n) is 1.31. The van der Waals surface area contributed by atoms with Crippen LogP contribution in [0.4, 0.5) is 0 Å². The lowest BCUT2D eigenvalue weighted by atomic mass is 10.3. The van der Waals surface area contributed by atoms with E-state index >= 15 is 0 Å². The summed E-state index contributed by atoms with van der Waals surface area (Å²) >= 11 is 0.895. The second-order valence-electron chi connectivity index (χ2n) is 2.33. The molecule has 0 spiro atoms. The van der Waals surface area contributed by atoms with Crippen LogP contribution in [0.1, 0.15) is 17.4 Å². The molecule has 13 heavy (non-hydrogen) atoms. The van der Waals surface area contributed by atoms with Crippen molar-refractivity contribution in [2.75, 3.05) is 0 Å². The summed E-state index contributed by atoms with van der Waals surface area (Å²) in [4.78, 5) is 21.5. The Labute approximate surface area is 77.9 Å². The molecule has 0 aliphatic rings. The molecule has 0 aromatic carbocycles. The van der Waals surface area contributed by atoms with Gasteiger partial charge in [-0.25, -0.2) is 0 Å². The molecule has 1 atom stereocenters. The van der Waals surface area contributed by atoms with Gasteiger partial charge in [-0.2, -0.15) is 8.75 Å². The maximum atomic E-state index is 11.2. The number of carbonyl (C=O) groups excluding carboxylic acids is 1. The molecule has 70 valence electrons. The average molecular weight is 201 g/mol. The first-order valence-electron chi connectivity index (χ1n) is 3.42. The summed E-state index contributed by atoms with van der Waals surface area (Å²) in [5, 5.41) is 10.7. The van der Waals surface area contributed by atoms with E-state index in [-0.39, 0.29) is 5.69 Å². The van der Waals surface area contributed by atoms with Gasteiger partial charge in [-0.05, 0) is 6.92 Å². The fourth-order valence-electron chi connectivity index (χ4n) is 0.597. The minimum Gasteiger partial charge on any atom is -0.480 e. The highest BCUT2D eigenvalue weighted by Crippen LogP contribution is 1.95. The van der Waals surface area contributed by atoms with Crippen molar-refractivity contribution in [1.29, 1.82) is 0 Å². The summed E-state index contributed by atoms with van der Waals surface area (Å²) in [7, 11) is 0. The zero-order valence-corrected chi connectivity index (χ0v) is 7.54. The minimum absolute atomic E-state index is 0.137. The Balaban J connectivity index is 2.56. The third-order valence-corrected chi connectivity index (χ3v) is 1.79. The van der Waals surface area contributed by atoms with Gasteiger partial charge in [-0.15, -0.1) is 0 Å². The highest BCUT2D eigenvalue weighted by molar-refractivity contribution is 6.99. The molecule has 0 bridgehead atoms. The van der Waals surface area contributed by atoms with Crippen LogP contribution in [-0.2, 0) is 4.79 Å². The number of aliphatic carboxylic acids is 1. The number of aromatic nitrogens is 2. The number of carbonyl (C=O) groups is 2. The minimum atomic E-state index is -1.09. The van der Waals surface area contributed by atoms with Crippen LogP contribution in [0.5, 0.6) is 0 Å². The quantitative estimate of drug-likeness (QED) is 0.703. The predicted octanol–water partition coefficient (Wildman–Crippen LogP) is -0.259. The Morgan fingerprint density at radius 1 is 1.69 bits per heavy atom. The van der Waals surface area contributed by atoms with E-state index in [0.717, 1.165) is 11.7 Å². The van der Waals surface area contributed by atoms with E-state index in [9.17, 15) is 9.59 Å². The molecule has 0 saturated heterocycles. The summed E-state index contributed by atoms with van der Waals surface area (Å²) in [6, 6.07) is -0.922. The van der Waals surface area contributed by atoms with Crippen LogP contribution in [0.3, 0.4) is 0 Å². The number of hydrogen-bond acceptors (Lipinski definition) is 5. The summed E-state index contributed by atoms with van der Waals surface area (Å²) in [6.07, 6.45) is 1.29. The molecule has 1 rings (SSSR count). The molecular weight excluding hydrogens is 194 g/mol. The predicted molar refractivity (Wildman–Crippen MR) is 44.5 cm³/mol. The Morgan fingerprint density at radius 2 is 2.38 bits per heavy atom. The van der Waals surface area contributed by atoms with E-state index in [2.05, 4.69) is 14.1 Å². The molecule has 0 radical (unpaired) electrons. The van der Waals surface area contributed by atoms with Crippen molar-refractivity contribution < 1.29 is 14.7 Å². The van der Waals surface area contributed by atoms with E-state index in [1.807, 2.05) is 0 Å². The van der Waals surface area contributed by atoms with Crippen molar-refractivity contribution in [1.82, 2.24) is 14.1 Å². The summed E-state index contributed by atoms with van der Waals surface area (Å²) < 4.78 is 7.27. The zero-order valence-electron chi connectivity index (χ0n) is 6.72. The molecule has 1 aromatic heterocycles. The largest absolute Gasteiger partial charge is 0.480 e. The number of carboxylic acids is 1. The highest BCUT2D eigenvalue weighted by atomic mass is 32.1. The molecule has 0 fully saturated rings. The van der Waals surface area contributed by atoms with Gasteiger partial charge < -0.3 is 10.4 Å². The van der Waals surface area contributed by atoms with Gasteiger partial charge in [0.15, 0.2) is 5.69 Å². The van der Waals surface area contributed by atoms with Gasteiger partial charge in [0.05, 0.1) is 17.9 Å². The van der Waals surface area contributed by atoms with E-state index in [0.29, 0.717) is 0 Å². The van der Waals surface area contributed by atoms with E-state index in [1.165, 1.54) is 13.1 Å². The lowest BCUT2D eigenvalue weighted by molar-refractivity contribution is -0.138. The first-order valence-corrected chi connectivity index (χ1v) is 4.15. The van der Waals surface area contributed by atoms with Crippen LogP contribution in [0.15, 0.2) is 6.20 Å². The molecule has 2 N–H and O–H groups in total. The topological polar surface area (TPSA) is 92.2 Å². The number of hydrogen-bond donors (Lipinski definition) is 2. The number of carboxylic acid groups (broad SMARTS) is 1. The first kappa shape index (κ1) is 9.59. The molecule has 1 aromatic rings. The number of nitrogens with one attached hydrogen (secondary N) is 1. The molecular formula is C6H7N3O3S. The molecule has 0 saturated carbocycles. The van der Waals surface area contributed by atoms with Crippen molar-refractivity contribution in [2.24, 2.45) is 0 Å². The SMILES string of the molecule is C[C@H](NC(=O)c1cnsn1)C(=O)O. The van der Waals surface area contributed by atoms with Crippen LogP contribution in [0, 0.1) is 0 Å². The highest BCUT2D eigenvalue weighted by Gasteiger charge is 2.16. The molecule has 1 heterocycles. The Kier molecular flexibility index (Phi) is 2.91. The number of nitrogens with zero attached hydrogens (tertiary/aromatic N) is 2. The number of rotatable bonds is 3. The summed E-state index contributed by atoms with van der Waals surface area (Å²) in [5.74, 6) is -1.61. The van der Waals surface area contributed by atoms with Crippen LogP contribution < -0.4 is 5.32 Å². The Morgan fingerprint density at radius 3 is 2.85 bits per heavy atom. The molecule has 7 heteroatoms. The van der Waals surface area contributed by atoms with Gasteiger partial charge in [0.1, 0.15) is 6.04 Å². The van der Waals surface area contributed by atoms with Gasteiger partial charge >= 0.3 is 5.97 Å². The average Bonchev–Trinajstić information content (AvgIpc) is 2.55. The van der Waals surface area contributed by atoms with Crippen molar-refractivity contribution in [3.8, 4) is 0 Å². The smallest absolute Gasteiger partial charge is 0.325 e. The first-order chi connectivity index (χ1) is 6.11. The molecule has 6 nitrogen and oxygen atoms in total. The van der Waals surface area contributed by atoms with Gasteiger partial charge in [0.2, 0.25) is 0 Å². The second-order valence-corrected chi connectivity index (χ2v) is 2.88. The fraction of sp³-hybridized carbons (Fsp3) is 0.333. The standard InChI is InChI=1S/C6H7N3O3S/c1-3(6(11)12)8-5(10)4-2-7-13-9-4/h2-3H,1H3,(H,8,10)(H,11,12)/t3-/m0/s1. The van der Waals surface area contributed by atoms with Crippen molar-refractivity contribution in [2.45, 2.75) is 13.0 Å². The molecule has 0 aliphatic heterocycles. The molecule has 0 aliphatic carbocycles. The van der Waals surface area contributed by atoms with E-state index in [4.69, 9.17) is 5.11 Å². The lowest BCUT2D eigenvalue weighted by Gasteiger charge is -2.06. The Bertz CT molecular complexity index is 311. The van der Waals surface area contributed by atoms with E-state index < -0.39 is 17.9 Å². The van der Waals surface area contributed by atoms with E-state index in [1.54, 1.807) is 0 Å². The lowest BCUT2D eigenvalue weighted by Crippen LogP contribution is -2.38. The van der Waals surface area contributed by atoms with Gasteiger partial charge in [-0.3, -0.25) is 9.59 Å². The van der Waals surface area contributed by atoms with Crippen molar-refractivity contribution in [3.05, 3.63) is 11.9 Å². The maximum absolute atomic E-state index is 11.2.